The van der Waals surface area contributed by atoms with E-state index in [1.807, 2.05) is 0 Å². The van der Waals surface area contributed by atoms with Gasteiger partial charge in [-0.3, -0.25) is 0 Å². The molecule has 1 nitrogen and oxygen atoms in total. The van der Waals surface area contributed by atoms with E-state index in [0.29, 0.717) is 5.41 Å². The molecule has 2 rings (SSSR count). The normalized spacial score (nSPS) is 20.7. The molecule has 1 fully saturated rings. The summed E-state index contributed by atoms with van der Waals surface area (Å²) in [5.74, 6) is 0. The molecule has 0 bridgehead atoms. The summed E-state index contributed by atoms with van der Waals surface area (Å²) in [4.78, 5) is 0. The molecule has 0 aliphatic carbocycles. The van der Waals surface area contributed by atoms with Crippen molar-refractivity contribution in [1.82, 2.24) is 0 Å². The molecule has 1 aromatic carbocycles. The van der Waals surface area contributed by atoms with Gasteiger partial charge in [0.2, 0.25) is 0 Å². The van der Waals surface area contributed by atoms with Crippen LogP contribution in [-0.4, -0.2) is 13.2 Å². The van der Waals surface area contributed by atoms with Crippen LogP contribution in [0.4, 0.5) is 0 Å². The van der Waals surface area contributed by atoms with Gasteiger partial charge in [0.15, 0.2) is 0 Å². The molecule has 0 spiro atoms. The maximum atomic E-state index is 5.41. The quantitative estimate of drug-likeness (QED) is 0.661. The number of rotatable bonds is 1. The van der Waals surface area contributed by atoms with Gasteiger partial charge in [0.25, 0.3) is 0 Å². The molecule has 0 aromatic heterocycles. The van der Waals surface area contributed by atoms with Crippen LogP contribution in [0.5, 0.6) is 0 Å². The van der Waals surface area contributed by atoms with Gasteiger partial charge < -0.3 is 4.74 Å². The van der Waals surface area contributed by atoms with Crippen LogP contribution in [0, 0.1) is 6.92 Å². The van der Waals surface area contributed by atoms with Crippen LogP contribution in [0.3, 0.4) is 0 Å². The van der Waals surface area contributed by atoms with E-state index in [9.17, 15) is 0 Å². The summed E-state index contributed by atoms with van der Waals surface area (Å²) in [6, 6.07) is 8.94. The van der Waals surface area contributed by atoms with Crippen molar-refractivity contribution in [3.05, 3.63) is 35.4 Å². The van der Waals surface area contributed by atoms with Gasteiger partial charge in [-0.25, -0.2) is 0 Å². The average molecular weight is 190 g/mol. The molecule has 76 valence electrons. The van der Waals surface area contributed by atoms with Crippen molar-refractivity contribution in [2.45, 2.75) is 32.1 Å². The number of hydrogen-bond acceptors (Lipinski definition) is 1. The van der Waals surface area contributed by atoms with Gasteiger partial charge in [-0.1, -0.05) is 36.8 Å². The topological polar surface area (TPSA) is 9.23 Å². The minimum atomic E-state index is 0.339. The Morgan fingerprint density at radius 1 is 1.07 bits per heavy atom. The molecule has 1 saturated heterocycles. The summed E-state index contributed by atoms with van der Waals surface area (Å²) in [5.41, 5.74) is 3.14. The lowest BCUT2D eigenvalue weighted by atomic mass is 9.76. The molecule has 0 N–H and O–H groups in total. The molecule has 1 aromatic rings. The SMILES string of the molecule is Cc1ccc(C2(C)CCOCC2)cc1. The molecule has 1 heterocycles. The number of aryl methyl sites for hydroxylation is 1. The lowest BCUT2D eigenvalue weighted by Gasteiger charge is -2.34. The van der Waals surface area contributed by atoms with Gasteiger partial charge >= 0.3 is 0 Å². The molecule has 0 amide bonds. The second-order valence-electron chi connectivity index (χ2n) is 4.54. The van der Waals surface area contributed by atoms with Gasteiger partial charge in [-0.15, -0.1) is 0 Å². The third-order valence-electron chi connectivity index (χ3n) is 3.34. The highest BCUT2D eigenvalue weighted by molar-refractivity contribution is 5.28. The number of hydrogen-bond donors (Lipinski definition) is 0. The summed E-state index contributed by atoms with van der Waals surface area (Å²) >= 11 is 0. The molecule has 1 heteroatoms. The lowest BCUT2D eigenvalue weighted by molar-refractivity contribution is 0.0564. The molecular formula is C13H18O. The molecule has 1 aliphatic heterocycles. The first-order chi connectivity index (χ1) is 6.71. The van der Waals surface area contributed by atoms with Crippen molar-refractivity contribution in [2.75, 3.05) is 13.2 Å². The Morgan fingerprint density at radius 2 is 1.64 bits per heavy atom. The highest BCUT2D eigenvalue weighted by Gasteiger charge is 2.28. The summed E-state index contributed by atoms with van der Waals surface area (Å²) < 4.78 is 5.41. The Morgan fingerprint density at radius 3 is 2.21 bits per heavy atom. The lowest BCUT2D eigenvalue weighted by Crippen LogP contribution is -2.30. The molecule has 0 saturated carbocycles. The molecule has 0 unspecified atom stereocenters. The van der Waals surface area contributed by atoms with Crippen molar-refractivity contribution in [3.63, 3.8) is 0 Å². The van der Waals surface area contributed by atoms with Gasteiger partial charge in [0.05, 0.1) is 0 Å². The zero-order valence-corrected chi connectivity index (χ0v) is 9.05. The fourth-order valence-corrected chi connectivity index (χ4v) is 2.07. The molecular weight excluding hydrogens is 172 g/mol. The predicted molar refractivity (Wildman–Crippen MR) is 58.6 cm³/mol. The van der Waals surface area contributed by atoms with E-state index in [0.717, 1.165) is 26.1 Å². The van der Waals surface area contributed by atoms with Crippen LogP contribution < -0.4 is 0 Å². The maximum Gasteiger partial charge on any atom is 0.0474 e. The van der Waals surface area contributed by atoms with Crippen LogP contribution in [-0.2, 0) is 10.2 Å². The van der Waals surface area contributed by atoms with Gasteiger partial charge in [-0.2, -0.15) is 0 Å². The van der Waals surface area contributed by atoms with E-state index in [1.54, 1.807) is 0 Å². The predicted octanol–water partition coefficient (Wildman–Crippen LogP) is 3.06. The van der Waals surface area contributed by atoms with Gasteiger partial charge in [0, 0.05) is 13.2 Å². The monoisotopic (exact) mass is 190 g/mol. The second-order valence-corrected chi connectivity index (χ2v) is 4.54. The fourth-order valence-electron chi connectivity index (χ4n) is 2.07. The third-order valence-corrected chi connectivity index (χ3v) is 3.34. The van der Waals surface area contributed by atoms with Crippen LogP contribution in [0.15, 0.2) is 24.3 Å². The summed E-state index contributed by atoms with van der Waals surface area (Å²) in [7, 11) is 0. The first kappa shape index (κ1) is 9.72. The third kappa shape index (κ3) is 1.83. The van der Waals surface area contributed by atoms with Crippen LogP contribution in [0.1, 0.15) is 30.9 Å². The Balaban J connectivity index is 2.23. The molecule has 14 heavy (non-hydrogen) atoms. The zero-order valence-electron chi connectivity index (χ0n) is 9.05. The first-order valence-electron chi connectivity index (χ1n) is 5.36. The minimum Gasteiger partial charge on any atom is -0.381 e. The minimum absolute atomic E-state index is 0.339. The Kier molecular flexibility index (Phi) is 2.60. The number of benzene rings is 1. The van der Waals surface area contributed by atoms with Crippen LogP contribution in [0.25, 0.3) is 0 Å². The Labute approximate surface area is 86.1 Å². The highest BCUT2D eigenvalue weighted by atomic mass is 16.5. The highest BCUT2D eigenvalue weighted by Crippen LogP contribution is 2.33. The van der Waals surface area contributed by atoms with E-state index in [4.69, 9.17) is 4.74 Å². The van der Waals surface area contributed by atoms with E-state index in [-0.39, 0.29) is 0 Å². The van der Waals surface area contributed by atoms with Gasteiger partial charge in [0.1, 0.15) is 0 Å². The first-order valence-corrected chi connectivity index (χ1v) is 5.36. The second kappa shape index (κ2) is 3.74. The van der Waals surface area contributed by atoms with Crippen molar-refractivity contribution >= 4 is 0 Å². The van der Waals surface area contributed by atoms with Crippen molar-refractivity contribution in [3.8, 4) is 0 Å². The average Bonchev–Trinajstić information content (AvgIpc) is 2.19. The fraction of sp³-hybridized carbons (Fsp3) is 0.538. The van der Waals surface area contributed by atoms with Crippen molar-refractivity contribution < 1.29 is 4.74 Å². The summed E-state index contributed by atoms with van der Waals surface area (Å²) in [6.45, 7) is 6.30. The van der Waals surface area contributed by atoms with Crippen molar-refractivity contribution in [2.24, 2.45) is 0 Å². The maximum absolute atomic E-state index is 5.41. The van der Waals surface area contributed by atoms with Gasteiger partial charge in [-0.05, 0) is 30.7 Å². The Bertz CT molecular complexity index is 294. The van der Waals surface area contributed by atoms with E-state index in [2.05, 4.69) is 38.1 Å². The molecule has 1 aliphatic rings. The zero-order chi connectivity index (χ0) is 10.0. The molecule has 0 atom stereocenters. The largest absolute Gasteiger partial charge is 0.381 e. The number of ether oxygens (including phenoxy) is 1. The summed E-state index contributed by atoms with van der Waals surface area (Å²) in [5, 5.41) is 0. The van der Waals surface area contributed by atoms with Crippen molar-refractivity contribution in [1.29, 1.82) is 0 Å². The summed E-state index contributed by atoms with van der Waals surface area (Å²) in [6.07, 6.45) is 2.30. The van der Waals surface area contributed by atoms with Crippen LogP contribution >= 0.6 is 0 Å². The van der Waals surface area contributed by atoms with Crippen LogP contribution in [0.2, 0.25) is 0 Å². The van der Waals surface area contributed by atoms with E-state index < -0.39 is 0 Å². The Hall–Kier alpha value is -0.820. The smallest absolute Gasteiger partial charge is 0.0474 e. The van der Waals surface area contributed by atoms with E-state index >= 15 is 0 Å². The van der Waals surface area contributed by atoms with E-state index in [1.165, 1.54) is 11.1 Å². The molecule has 0 radical (unpaired) electrons. The standard InChI is InChI=1S/C13H18O/c1-11-3-5-12(6-4-11)13(2)7-9-14-10-8-13/h3-6H,7-10H2,1-2H3.